The molecule has 1 N–H and O–H groups in total. The van der Waals surface area contributed by atoms with Gasteiger partial charge < -0.3 is 19.9 Å². The molecule has 2 saturated heterocycles. The largest absolute Gasteiger partial charge is 0.383 e. The molecule has 2 heterocycles. The van der Waals surface area contributed by atoms with Gasteiger partial charge in [0, 0.05) is 51.4 Å². The molecule has 0 saturated carbocycles. The van der Waals surface area contributed by atoms with Gasteiger partial charge in [0.15, 0.2) is 0 Å². The first-order valence-corrected chi connectivity index (χ1v) is 10.0. The van der Waals surface area contributed by atoms with Crippen LogP contribution in [0.3, 0.4) is 0 Å². The Bertz CT molecular complexity index is 614. The first kappa shape index (κ1) is 19.8. The van der Waals surface area contributed by atoms with Gasteiger partial charge in [0.1, 0.15) is 0 Å². The summed E-state index contributed by atoms with van der Waals surface area (Å²) in [4.78, 5) is 29.6. The van der Waals surface area contributed by atoms with E-state index in [1.807, 2.05) is 35.2 Å². The SMILES string of the molecule is COCCN1CCC(NC(=O)C2CCCN(C(=O)c3ccccc3)C2)CC1. The van der Waals surface area contributed by atoms with Crippen molar-refractivity contribution < 1.29 is 14.3 Å². The van der Waals surface area contributed by atoms with Crippen LogP contribution in [0.4, 0.5) is 0 Å². The summed E-state index contributed by atoms with van der Waals surface area (Å²) >= 11 is 0. The lowest BCUT2D eigenvalue weighted by Gasteiger charge is -2.35. The third kappa shape index (κ3) is 5.53. The van der Waals surface area contributed by atoms with Gasteiger partial charge >= 0.3 is 0 Å². The van der Waals surface area contributed by atoms with E-state index in [9.17, 15) is 9.59 Å². The van der Waals surface area contributed by atoms with Crippen molar-refractivity contribution >= 4 is 11.8 Å². The summed E-state index contributed by atoms with van der Waals surface area (Å²) < 4.78 is 5.13. The average molecular weight is 373 g/mol. The number of nitrogens with one attached hydrogen (secondary N) is 1. The molecule has 6 nitrogen and oxygen atoms in total. The third-order valence-corrected chi connectivity index (χ3v) is 5.65. The van der Waals surface area contributed by atoms with E-state index in [4.69, 9.17) is 4.74 Å². The Labute approximate surface area is 161 Å². The Kier molecular flexibility index (Phi) is 7.24. The molecule has 0 spiro atoms. The molecule has 0 radical (unpaired) electrons. The Morgan fingerprint density at radius 1 is 1.11 bits per heavy atom. The fourth-order valence-electron chi connectivity index (χ4n) is 3.98. The van der Waals surface area contributed by atoms with Gasteiger partial charge in [-0.25, -0.2) is 0 Å². The van der Waals surface area contributed by atoms with Crippen LogP contribution in [0.2, 0.25) is 0 Å². The number of ether oxygens (including phenoxy) is 1. The van der Waals surface area contributed by atoms with Crippen molar-refractivity contribution in [1.29, 1.82) is 0 Å². The molecule has 3 rings (SSSR count). The second-order valence-corrected chi connectivity index (χ2v) is 7.57. The van der Waals surface area contributed by atoms with Crippen LogP contribution in [0.5, 0.6) is 0 Å². The van der Waals surface area contributed by atoms with Crippen LogP contribution in [-0.2, 0) is 9.53 Å². The van der Waals surface area contributed by atoms with Gasteiger partial charge in [0.25, 0.3) is 5.91 Å². The molecular formula is C21H31N3O3. The normalized spacial score (nSPS) is 21.8. The second kappa shape index (κ2) is 9.85. The lowest BCUT2D eigenvalue weighted by molar-refractivity contribution is -0.127. The highest BCUT2D eigenvalue weighted by Gasteiger charge is 2.30. The Balaban J connectivity index is 1.47. The highest BCUT2D eigenvalue weighted by molar-refractivity contribution is 5.94. The first-order valence-electron chi connectivity index (χ1n) is 10.0. The molecule has 6 heteroatoms. The van der Waals surface area contributed by atoms with E-state index in [0.717, 1.165) is 58.5 Å². The zero-order chi connectivity index (χ0) is 19.1. The predicted octanol–water partition coefficient (Wildman–Crippen LogP) is 1.77. The fourth-order valence-corrected chi connectivity index (χ4v) is 3.98. The van der Waals surface area contributed by atoms with Crippen LogP contribution < -0.4 is 5.32 Å². The van der Waals surface area contributed by atoms with Gasteiger partial charge in [0.2, 0.25) is 5.91 Å². The summed E-state index contributed by atoms with van der Waals surface area (Å²) in [5.41, 5.74) is 0.696. The maximum Gasteiger partial charge on any atom is 0.253 e. The average Bonchev–Trinajstić information content (AvgIpc) is 2.73. The maximum atomic E-state index is 12.7. The fraction of sp³-hybridized carbons (Fsp3) is 0.619. The molecule has 2 aliphatic heterocycles. The highest BCUT2D eigenvalue weighted by Crippen LogP contribution is 2.20. The van der Waals surface area contributed by atoms with E-state index >= 15 is 0 Å². The predicted molar refractivity (Wildman–Crippen MR) is 105 cm³/mol. The molecule has 0 aromatic heterocycles. The van der Waals surface area contributed by atoms with E-state index in [0.29, 0.717) is 12.1 Å². The van der Waals surface area contributed by atoms with Gasteiger partial charge in [-0.2, -0.15) is 0 Å². The summed E-state index contributed by atoms with van der Waals surface area (Å²) in [5, 5.41) is 3.23. The minimum Gasteiger partial charge on any atom is -0.383 e. The first-order chi connectivity index (χ1) is 13.2. The smallest absolute Gasteiger partial charge is 0.253 e. The third-order valence-electron chi connectivity index (χ3n) is 5.65. The summed E-state index contributed by atoms with van der Waals surface area (Å²) in [5.74, 6) is 0.0355. The molecule has 2 fully saturated rings. The van der Waals surface area contributed by atoms with E-state index < -0.39 is 0 Å². The Hall–Kier alpha value is -1.92. The van der Waals surface area contributed by atoms with Gasteiger partial charge in [0.05, 0.1) is 12.5 Å². The van der Waals surface area contributed by atoms with Crippen LogP contribution in [0.25, 0.3) is 0 Å². The van der Waals surface area contributed by atoms with Crippen LogP contribution in [-0.4, -0.2) is 74.1 Å². The molecule has 2 aliphatic rings. The molecular weight excluding hydrogens is 342 g/mol. The quantitative estimate of drug-likeness (QED) is 0.826. The number of methoxy groups -OCH3 is 1. The minimum atomic E-state index is -0.0991. The molecule has 2 amide bonds. The number of carbonyl (C=O) groups excluding carboxylic acids is 2. The zero-order valence-corrected chi connectivity index (χ0v) is 16.2. The number of hydrogen-bond donors (Lipinski definition) is 1. The molecule has 148 valence electrons. The van der Waals surface area contributed by atoms with E-state index in [1.54, 1.807) is 7.11 Å². The van der Waals surface area contributed by atoms with E-state index in [-0.39, 0.29) is 23.8 Å². The number of rotatable bonds is 6. The second-order valence-electron chi connectivity index (χ2n) is 7.57. The Morgan fingerprint density at radius 2 is 1.85 bits per heavy atom. The van der Waals surface area contributed by atoms with Crippen molar-refractivity contribution in [3.8, 4) is 0 Å². The van der Waals surface area contributed by atoms with Crippen molar-refractivity contribution in [2.45, 2.75) is 31.7 Å². The van der Waals surface area contributed by atoms with Crippen LogP contribution in [0.1, 0.15) is 36.0 Å². The highest BCUT2D eigenvalue weighted by atomic mass is 16.5. The molecule has 0 aliphatic carbocycles. The number of carbonyl (C=O) groups is 2. The number of hydrogen-bond acceptors (Lipinski definition) is 4. The molecule has 1 unspecified atom stereocenters. The van der Waals surface area contributed by atoms with Gasteiger partial charge in [-0.15, -0.1) is 0 Å². The van der Waals surface area contributed by atoms with Crippen molar-refractivity contribution in [2.24, 2.45) is 5.92 Å². The van der Waals surface area contributed by atoms with Crippen molar-refractivity contribution in [3.05, 3.63) is 35.9 Å². The monoisotopic (exact) mass is 373 g/mol. The molecule has 1 aromatic rings. The number of likely N-dealkylation sites (tertiary alicyclic amines) is 2. The number of nitrogens with zero attached hydrogens (tertiary/aromatic N) is 2. The van der Waals surface area contributed by atoms with Crippen molar-refractivity contribution in [2.75, 3.05) is 46.4 Å². The number of piperidine rings is 2. The maximum absolute atomic E-state index is 12.7. The van der Waals surface area contributed by atoms with Crippen LogP contribution in [0, 0.1) is 5.92 Å². The summed E-state index contributed by atoms with van der Waals surface area (Å²) in [6.07, 6.45) is 3.70. The van der Waals surface area contributed by atoms with Gasteiger partial charge in [-0.1, -0.05) is 18.2 Å². The minimum absolute atomic E-state index is 0.0274. The summed E-state index contributed by atoms with van der Waals surface area (Å²) in [6.45, 7) is 4.96. The van der Waals surface area contributed by atoms with E-state index in [2.05, 4.69) is 10.2 Å². The van der Waals surface area contributed by atoms with Crippen molar-refractivity contribution in [1.82, 2.24) is 15.1 Å². The lowest BCUT2D eigenvalue weighted by Crippen LogP contribution is -2.50. The standard InChI is InChI=1S/C21H31N3O3/c1-27-15-14-23-12-9-19(10-13-23)22-20(25)18-8-5-11-24(16-18)21(26)17-6-3-2-4-7-17/h2-4,6-7,18-19H,5,8-16H2,1H3,(H,22,25). The van der Waals surface area contributed by atoms with Crippen LogP contribution >= 0.6 is 0 Å². The van der Waals surface area contributed by atoms with Crippen molar-refractivity contribution in [3.63, 3.8) is 0 Å². The summed E-state index contributed by atoms with van der Waals surface area (Å²) in [6, 6.07) is 9.58. The topological polar surface area (TPSA) is 61.9 Å². The van der Waals surface area contributed by atoms with Gasteiger partial charge in [-0.3, -0.25) is 9.59 Å². The summed E-state index contributed by atoms with van der Waals surface area (Å²) in [7, 11) is 1.73. The zero-order valence-electron chi connectivity index (χ0n) is 16.2. The molecule has 27 heavy (non-hydrogen) atoms. The van der Waals surface area contributed by atoms with E-state index in [1.165, 1.54) is 0 Å². The van der Waals surface area contributed by atoms with Gasteiger partial charge in [-0.05, 0) is 37.8 Å². The van der Waals surface area contributed by atoms with Crippen LogP contribution in [0.15, 0.2) is 30.3 Å². The molecule has 0 bridgehead atoms. The molecule has 1 aromatic carbocycles. The Morgan fingerprint density at radius 3 is 2.56 bits per heavy atom. The lowest BCUT2D eigenvalue weighted by atomic mass is 9.95. The number of benzene rings is 1. The molecule has 1 atom stereocenters. The number of amides is 2.